The number of fused-ring (bicyclic) bond motifs is 3. The van der Waals surface area contributed by atoms with Crippen molar-refractivity contribution in [2.24, 2.45) is 11.8 Å². The summed E-state index contributed by atoms with van der Waals surface area (Å²) >= 11 is 10.9. The first kappa shape index (κ1) is 45.8. The van der Waals surface area contributed by atoms with Crippen molar-refractivity contribution in [1.29, 1.82) is 0 Å². The fourth-order valence-corrected chi connectivity index (χ4v) is 16.6. The van der Waals surface area contributed by atoms with Crippen LogP contribution in [0.4, 0.5) is 4.39 Å². The number of rotatable bonds is 24. The lowest BCUT2D eigenvalue weighted by Gasteiger charge is -2.13. The van der Waals surface area contributed by atoms with Gasteiger partial charge < -0.3 is 0 Å². The molecule has 7 aromatic rings. The molecule has 0 aliphatic rings. The van der Waals surface area contributed by atoms with E-state index in [2.05, 4.69) is 77.9 Å². The summed E-state index contributed by atoms with van der Waals surface area (Å²) in [5.41, 5.74) is 2.72. The molecule has 2 atom stereocenters. The van der Waals surface area contributed by atoms with Crippen molar-refractivity contribution in [3.63, 3.8) is 0 Å². The average molecular weight is 917 g/mol. The molecule has 0 radical (unpaired) electrons. The number of halogens is 1. The number of unbranched alkanes of at least 4 members (excludes halogenated alkanes) is 8. The van der Waals surface area contributed by atoms with Crippen LogP contribution in [-0.4, -0.2) is 5.78 Å². The quantitative estimate of drug-likeness (QED) is 0.0436. The Kier molecular flexibility index (Phi) is 16.4. The molecule has 6 aromatic heterocycles. The zero-order chi connectivity index (χ0) is 42.3. The highest BCUT2D eigenvalue weighted by Crippen LogP contribution is 2.55. The van der Waals surface area contributed by atoms with Crippen LogP contribution in [0.1, 0.15) is 167 Å². The second-order valence-corrected chi connectivity index (χ2v) is 24.1. The highest BCUT2D eigenvalue weighted by Gasteiger charge is 2.28. The van der Waals surface area contributed by atoms with Gasteiger partial charge in [-0.05, 0) is 81.3 Å². The summed E-state index contributed by atoms with van der Waals surface area (Å²) in [6.45, 7) is 15.8. The lowest BCUT2D eigenvalue weighted by Crippen LogP contribution is -2.01. The molecule has 0 aliphatic carbocycles. The minimum Gasteiger partial charge on any atom is -0.293 e. The maximum Gasteiger partial charge on any atom is 0.175 e. The number of hydrogen-bond donors (Lipinski definition) is 0. The van der Waals surface area contributed by atoms with E-state index in [0.29, 0.717) is 16.7 Å². The van der Waals surface area contributed by atoms with Crippen molar-refractivity contribution >= 4 is 104 Å². The van der Waals surface area contributed by atoms with Gasteiger partial charge >= 0.3 is 0 Å². The zero-order valence-corrected chi connectivity index (χ0v) is 42.0. The number of carbonyl (C=O) groups excluding carboxylic acids is 1. The van der Waals surface area contributed by atoms with Crippen LogP contribution < -0.4 is 0 Å². The Bertz CT molecular complexity index is 2380. The minimum absolute atomic E-state index is 0.0314. The molecule has 1 aromatic carbocycles. The molecule has 0 amide bonds. The van der Waals surface area contributed by atoms with E-state index in [4.69, 9.17) is 0 Å². The number of carbonyl (C=O) groups is 1. The molecular weight excluding hydrogens is 852 g/mol. The van der Waals surface area contributed by atoms with Gasteiger partial charge in [0.05, 0.1) is 9.58 Å². The summed E-state index contributed by atoms with van der Waals surface area (Å²) in [7, 11) is 0. The first-order chi connectivity index (χ1) is 29.2. The average Bonchev–Trinajstić information content (AvgIpc) is 4.11. The summed E-state index contributed by atoms with van der Waals surface area (Å²) in [5.74, 6) is 1.12. The molecule has 0 saturated heterocycles. The SMILES string of the molecule is CCCCCCCCCC(=O)c1sc2c(-c3cc4c(-c5ccc(CC(CC)CCCC)s5)c5sc(C)cc5c(-c5ccc(CC(CC)CCCC)s5)c4s3)sc(C)c2c1F. The number of hydrogen-bond acceptors (Lipinski definition) is 7. The summed E-state index contributed by atoms with van der Waals surface area (Å²) in [6.07, 6.45) is 20.9. The summed E-state index contributed by atoms with van der Waals surface area (Å²) in [4.78, 5) is 24.2. The highest BCUT2D eigenvalue weighted by molar-refractivity contribution is 7.32. The molecule has 0 N–H and O–H groups in total. The number of Topliss-reactive ketones (excluding diaryl/α,β-unsaturated/α-hetero) is 1. The molecule has 0 fully saturated rings. The third kappa shape index (κ3) is 10.1. The van der Waals surface area contributed by atoms with E-state index >= 15 is 4.39 Å². The summed E-state index contributed by atoms with van der Waals surface area (Å²) in [6, 6.07) is 14.4. The van der Waals surface area contributed by atoms with Crippen LogP contribution in [0.15, 0.2) is 36.4 Å². The van der Waals surface area contributed by atoms with E-state index in [9.17, 15) is 4.79 Å². The van der Waals surface area contributed by atoms with Crippen LogP contribution in [0.2, 0.25) is 0 Å². The van der Waals surface area contributed by atoms with E-state index in [1.165, 1.54) is 149 Å². The van der Waals surface area contributed by atoms with Gasteiger partial charge in [-0.3, -0.25) is 4.79 Å². The molecule has 1 nitrogen and oxygen atoms in total. The molecule has 7 rings (SSSR count). The topological polar surface area (TPSA) is 17.1 Å². The van der Waals surface area contributed by atoms with Crippen molar-refractivity contribution in [2.45, 2.75) is 164 Å². The standard InChI is InChI=1S/C52H65FOS6/c1-8-13-16-17-18-19-20-23-40(54)50-47(53)44-33(7)56-51(52(44)60-50)43-31-39-46(42-27-25-37(58-42)30-35(12-5)22-15-10-3)48-38(28-32(6)55-48)45(49(39)59-43)41-26-24-36(57-41)29-34(11-4)21-14-9-2/h24-28,31,34-35H,8-23,29-30H2,1-7H3. The van der Waals surface area contributed by atoms with Crippen LogP contribution in [0.3, 0.4) is 0 Å². The van der Waals surface area contributed by atoms with Crippen molar-refractivity contribution in [1.82, 2.24) is 0 Å². The predicted molar refractivity (Wildman–Crippen MR) is 273 cm³/mol. The predicted octanol–water partition coefficient (Wildman–Crippen LogP) is 20.1. The molecule has 60 heavy (non-hydrogen) atoms. The summed E-state index contributed by atoms with van der Waals surface area (Å²) in [5, 5.41) is 3.32. The monoisotopic (exact) mass is 916 g/mol. The molecule has 0 aliphatic heterocycles. The minimum atomic E-state index is -0.299. The largest absolute Gasteiger partial charge is 0.293 e. The molecule has 0 saturated carbocycles. The van der Waals surface area contributed by atoms with Crippen molar-refractivity contribution in [3.05, 3.63) is 66.6 Å². The van der Waals surface area contributed by atoms with Gasteiger partial charge in [0.1, 0.15) is 4.88 Å². The first-order valence-electron chi connectivity index (χ1n) is 23.1. The van der Waals surface area contributed by atoms with E-state index in [1.807, 2.05) is 52.3 Å². The Labute approximate surface area is 383 Å². The second kappa shape index (κ2) is 21.5. The van der Waals surface area contributed by atoms with Gasteiger partial charge in [0.15, 0.2) is 11.6 Å². The highest BCUT2D eigenvalue weighted by atomic mass is 32.1. The third-order valence-corrected chi connectivity index (χ3v) is 19.7. The molecule has 2 unspecified atom stereocenters. The Morgan fingerprint density at radius 2 is 1.13 bits per heavy atom. The normalized spacial score (nSPS) is 13.1. The Morgan fingerprint density at radius 3 is 1.72 bits per heavy atom. The molecule has 322 valence electrons. The van der Waals surface area contributed by atoms with Crippen LogP contribution in [0.25, 0.3) is 60.9 Å². The van der Waals surface area contributed by atoms with Gasteiger partial charge in [-0.1, -0.05) is 125 Å². The maximum absolute atomic E-state index is 16.3. The molecule has 0 bridgehead atoms. The van der Waals surface area contributed by atoms with Crippen LogP contribution in [0, 0.1) is 31.5 Å². The van der Waals surface area contributed by atoms with E-state index < -0.39 is 0 Å². The Hall–Kier alpha value is -2.20. The smallest absolute Gasteiger partial charge is 0.175 e. The summed E-state index contributed by atoms with van der Waals surface area (Å²) < 4.78 is 20.0. The van der Waals surface area contributed by atoms with Gasteiger partial charge in [0.25, 0.3) is 0 Å². The van der Waals surface area contributed by atoms with Gasteiger partial charge in [0, 0.05) is 77.2 Å². The van der Waals surface area contributed by atoms with E-state index in [1.54, 1.807) is 11.3 Å². The number of benzene rings is 1. The number of ketones is 1. The molecular formula is C52H65FOS6. The van der Waals surface area contributed by atoms with E-state index in [0.717, 1.165) is 58.4 Å². The first-order valence-corrected chi connectivity index (χ1v) is 28.0. The fraction of sp³-hybridized carbons (Fsp3) is 0.519. The maximum atomic E-state index is 16.3. The fourth-order valence-electron chi connectivity index (χ4n) is 9.03. The second-order valence-electron chi connectivity index (χ2n) is 17.2. The van der Waals surface area contributed by atoms with Crippen molar-refractivity contribution < 1.29 is 9.18 Å². The number of thiophene rings is 6. The molecule has 6 heterocycles. The van der Waals surface area contributed by atoms with Crippen LogP contribution in [0.5, 0.6) is 0 Å². The van der Waals surface area contributed by atoms with Gasteiger partial charge in [-0.2, -0.15) is 0 Å². The lowest BCUT2D eigenvalue weighted by atomic mass is 9.95. The van der Waals surface area contributed by atoms with Gasteiger partial charge in [-0.15, -0.1) is 68.0 Å². The third-order valence-electron chi connectivity index (χ3n) is 12.6. The molecule has 0 spiro atoms. The van der Waals surface area contributed by atoms with Gasteiger partial charge in [-0.25, -0.2) is 4.39 Å². The van der Waals surface area contributed by atoms with Crippen molar-refractivity contribution in [2.75, 3.05) is 0 Å². The van der Waals surface area contributed by atoms with Crippen LogP contribution in [-0.2, 0) is 12.8 Å². The Balaban J connectivity index is 1.33. The van der Waals surface area contributed by atoms with E-state index in [-0.39, 0.29) is 11.6 Å². The lowest BCUT2D eigenvalue weighted by molar-refractivity contribution is 0.0979. The van der Waals surface area contributed by atoms with Crippen LogP contribution >= 0.6 is 68.0 Å². The number of aryl methyl sites for hydroxylation is 2. The van der Waals surface area contributed by atoms with Gasteiger partial charge in [0.2, 0.25) is 0 Å². The van der Waals surface area contributed by atoms with Crippen molar-refractivity contribution in [3.8, 4) is 30.6 Å². The Morgan fingerprint density at radius 1 is 0.583 bits per heavy atom. The molecule has 8 heteroatoms. The zero-order valence-electron chi connectivity index (χ0n) is 37.1.